The maximum absolute atomic E-state index is 12.5. The SMILES string of the molecule is COc1ccc(NC(=O)c2n[nH]c3ccc(C)cc23)cc1OC. The Hall–Kier alpha value is -3.02. The van der Waals surface area contributed by atoms with E-state index in [9.17, 15) is 4.79 Å². The lowest BCUT2D eigenvalue weighted by molar-refractivity contribution is 0.102. The van der Waals surface area contributed by atoms with Crippen molar-refractivity contribution in [3.05, 3.63) is 47.7 Å². The number of methoxy groups -OCH3 is 2. The van der Waals surface area contributed by atoms with E-state index >= 15 is 0 Å². The number of carbonyl (C=O) groups is 1. The maximum atomic E-state index is 12.5. The summed E-state index contributed by atoms with van der Waals surface area (Å²) >= 11 is 0. The Balaban J connectivity index is 1.90. The smallest absolute Gasteiger partial charge is 0.276 e. The lowest BCUT2D eigenvalue weighted by Crippen LogP contribution is -2.13. The number of ether oxygens (including phenoxy) is 2. The number of hydrogen-bond acceptors (Lipinski definition) is 4. The number of aryl methyl sites for hydroxylation is 1. The van der Waals surface area contributed by atoms with Gasteiger partial charge in [0.15, 0.2) is 17.2 Å². The molecule has 0 atom stereocenters. The predicted molar refractivity (Wildman–Crippen MR) is 88.3 cm³/mol. The van der Waals surface area contributed by atoms with Crippen LogP contribution >= 0.6 is 0 Å². The molecule has 1 amide bonds. The molecule has 0 saturated heterocycles. The van der Waals surface area contributed by atoms with Crippen LogP contribution in [0.3, 0.4) is 0 Å². The van der Waals surface area contributed by atoms with Crippen molar-refractivity contribution in [2.24, 2.45) is 0 Å². The summed E-state index contributed by atoms with van der Waals surface area (Å²) in [6, 6.07) is 11.0. The number of aromatic nitrogens is 2. The van der Waals surface area contributed by atoms with Crippen molar-refractivity contribution in [1.29, 1.82) is 0 Å². The highest BCUT2D eigenvalue weighted by atomic mass is 16.5. The van der Waals surface area contributed by atoms with Gasteiger partial charge in [0.2, 0.25) is 0 Å². The average Bonchev–Trinajstić information content (AvgIpc) is 2.97. The summed E-state index contributed by atoms with van der Waals surface area (Å²) in [5, 5.41) is 10.6. The molecule has 0 fully saturated rings. The van der Waals surface area contributed by atoms with Crippen LogP contribution < -0.4 is 14.8 Å². The first-order valence-electron chi connectivity index (χ1n) is 7.10. The number of nitrogens with zero attached hydrogens (tertiary/aromatic N) is 1. The van der Waals surface area contributed by atoms with Crippen molar-refractivity contribution >= 4 is 22.5 Å². The van der Waals surface area contributed by atoms with Crippen molar-refractivity contribution in [1.82, 2.24) is 10.2 Å². The van der Waals surface area contributed by atoms with E-state index in [1.807, 2.05) is 25.1 Å². The molecule has 2 N–H and O–H groups in total. The minimum absolute atomic E-state index is 0.283. The normalized spacial score (nSPS) is 10.6. The Morgan fingerprint density at radius 3 is 2.61 bits per heavy atom. The zero-order valence-electron chi connectivity index (χ0n) is 13.1. The molecular weight excluding hydrogens is 294 g/mol. The van der Waals surface area contributed by atoms with Gasteiger partial charge in [-0.1, -0.05) is 11.6 Å². The second-order valence-electron chi connectivity index (χ2n) is 5.15. The summed E-state index contributed by atoms with van der Waals surface area (Å²) < 4.78 is 10.4. The molecule has 3 aromatic rings. The van der Waals surface area contributed by atoms with Gasteiger partial charge < -0.3 is 14.8 Å². The van der Waals surface area contributed by atoms with E-state index in [1.54, 1.807) is 32.4 Å². The van der Waals surface area contributed by atoms with Gasteiger partial charge in [-0.3, -0.25) is 9.89 Å². The Morgan fingerprint density at radius 2 is 1.87 bits per heavy atom. The first-order valence-corrected chi connectivity index (χ1v) is 7.10. The molecule has 0 aliphatic heterocycles. The number of carbonyl (C=O) groups excluding carboxylic acids is 1. The van der Waals surface area contributed by atoms with E-state index in [1.165, 1.54) is 0 Å². The van der Waals surface area contributed by atoms with Gasteiger partial charge in [-0.2, -0.15) is 5.10 Å². The van der Waals surface area contributed by atoms with Crippen LogP contribution in [-0.4, -0.2) is 30.3 Å². The van der Waals surface area contributed by atoms with Gasteiger partial charge in [0.25, 0.3) is 5.91 Å². The molecule has 6 nitrogen and oxygen atoms in total. The molecule has 0 unspecified atom stereocenters. The first-order chi connectivity index (χ1) is 11.1. The molecule has 0 radical (unpaired) electrons. The molecule has 2 aromatic carbocycles. The van der Waals surface area contributed by atoms with Crippen LogP contribution in [0, 0.1) is 6.92 Å². The lowest BCUT2D eigenvalue weighted by Gasteiger charge is -2.10. The molecule has 0 aliphatic carbocycles. The standard InChI is InChI=1S/C17H17N3O3/c1-10-4-6-13-12(8-10)16(20-19-13)17(21)18-11-5-7-14(22-2)15(9-11)23-3/h4-9H,1-3H3,(H,18,21)(H,19,20). The van der Waals surface area contributed by atoms with E-state index in [-0.39, 0.29) is 5.91 Å². The summed E-state index contributed by atoms with van der Waals surface area (Å²) in [6.07, 6.45) is 0. The van der Waals surface area contributed by atoms with E-state index in [2.05, 4.69) is 15.5 Å². The highest BCUT2D eigenvalue weighted by molar-refractivity contribution is 6.11. The predicted octanol–water partition coefficient (Wildman–Crippen LogP) is 3.14. The number of anilines is 1. The fourth-order valence-electron chi connectivity index (χ4n) is 2.41. The summed E-state index contributed by atoms with van der Waals surface area (Å²) in [5.41, 5.74) is 2.86. The minimum Gasteiger partial charge on any atom is -0.493 e. The zero-order chi connectivity index (χ0) is 16.4. The van der Waals surface area contributed by atoms with Crippen molar-refractivity contribution in [3.8, 4) is 11.5 Å². The number of rotatable bonds is 4. The van der Waals surface area contributed by atoms with Crippen LogP contribution in [0.15, 0.2) is 36.4 Å². The van der Waals surface area contributed by atoms with Gasteiger partial charge >= 0.3 is 0 Å². The second-order valence-corrected chi connectivity index (χ2v) is 5.15. The number of H-pyrrole nitrogens is 1. The van der Waals surface area contributed by atoms with Crippen molar-refractivity contribution in [2.45, 2.75) is 6.92 Å². The number of amides is 1. The van der Waals surface area contributed by atoms with Gasteiger partial charge in [0.1, 0.15) is 0 Å². The first kappa shape index (κ1) is 14.9. The van der Waals surface area contributed by atoms with E-state index in [4.69, 9.17) is 9.47 Å². The quantitative estimate of drug-likeness (QED) is 0.776. The maximum Gasteiger partial charge on any atom is 0.276 e. The molecule has 0 saturated carbocycles. The van der Waals surface area contributed by atoms with Crippen LogP contribution in [0.4, 0.5) is 5.69 Å². The molecule has 0 aliphatic rings. The van der Waals surface area contributed by atoms with E-state index in [0.29, 0.717) is 22.9 Å². The zero-order valence-corrected chi connectivity index (χ0v) is 13.1. The largest absolute Gasteiger partial charge is 0.493 e. The summed E-state index contributed by atoms with van der Waals surface area (Å²) in [7, 11) is 3.11. The molecule has 3 rings (SSSR count). The third kappa shape index (κ3) is 2.83. The van der Waals surface area contributed by atoms with Crippen molar-refractivity contribution in [3.63, 3.8) is 0 Å². The monoisotopic (exact) mass is 311 g/mol. The molecule has 0 bridgehead atoms. The van der Waals surface area contributed by atoms with Gasteiger partial charge in [-0.25, -0.2) is 0 Å². The minimum atomic E-state index is -0.283. The Labute approximate surface area is 133 Å². The fourth-order valence-corrected chi connectivity index (χ4v) is 2.41. The molecule has 1 aromatic heterocycles. The third-order valence-corrected chi connectivity index (χ3v) is 3.57. The fraction of sp³-hybridized carbons (Fsp3) is 0.176. The second kappa shape index (κ2) is 6.00. The summed E-state index contributed by atoms with van der Waals surface area (Å²) in [6.45, 7) is 1.97. The molecule has 1 heterocycles. The summed E-state index contributed by atoms with van der Waals surface area (Å²) in [4.78, 5) is 12.5. The molecule has 6 heteroatoms. The highest BCUT2D eigenvalue weighted by Crippen LogP contribution is 2.30. The molecule has 0 spiro atoms. The van der Waals surface area contributed by atoms with Crippen LogP contribution in [0.25, 0.3) is 10.9 Å². The summed E-state index contributed by atoms with van der Waals surface area (Å²) in [5.74, 6) is 0.869. The number of hydrogen-bond donors (Lipinski definition) is 2. The third-order valence-electron chi connectivity index (χ3n) is 3.57. The van der Waals surface area contributed by atoms with E-state index in [0.717, 1.165) is 16.5 Å². The lowest BCUT2D eigenvalue weighted by atomic mass is 10.1. The Bertz CT molecular complexity index is 871. The van der Waals surface area contributed by atoms with Crippen LogP contribution in [0.1, 0.15) is 16.1 Å². The number of benzene rings is 2. The van der Waals surface area contributed by atoms with Gasteiger partial charge in [0, 0.05) is 17.1 Å². The number of nitrogens with one attached hydrogen (secondary N) is 2. The van der Waals surface area contributed by atoms with E-state index < -0.39 is 0 Å². The number of aromatic amines is 1. The Morgan fingerprint density at radius 1 is 1.09 bits per heavy atom. The van der Waals surface area contributed by atoms with Gasteiger partial charge in [-0.15, -0.1) is 0 Å². The molecular formula is C17H17N3O3. The molecule has 118 valence electrons. The van der Waals surface area contributed by atoms with Crippen molar-refractivity contribution in [2.75, 3.05) is 19.5 Å². The van der Waals surface area contributed by atoms with Crippen LogP contribution in [0.2, 0.25) is 0 Å². The van der Waals surface area contributed by atoms with Gasteiger partial charge in [0.05, 0.1) is 19.7 Å². The van der Waals surface area contributed by atoms with Gasteiger partial charge in [-0.05, 0) is 31.2 Å². The molecule has 23 heavy (non-hydrogen) atoms. The average molecular weight is 311 g/mol. The van der Waals surface area contributed by atoms with Crippen molar-refractivity contribution < 1.29 is 14.3 Å². The Kier molecular flexibility index (Phi) is 3.89. The van der Waals surface area contributed by atoms with Crippen LogP contribution in [-0.2, 0) is 0 Å². The number of fused-ring (bicyclic) bond motifs is 1. The van der Waals surface area contributed by atoms with Crippen LogP contribution in [0.5, 0.6) is 11.5 Å². The highest BCUT2D eigenvalue weighted by Gasteiger charge is 2.15. The topological polar surface area (TPSA) is 76.2 Å².